The monoisotopic (exact) mass is 209 g/mol. The lowest BCUT2D eigenvalue weighted by Crippen LogP contribution is -2.44. The van der Waals surface area contributed by atoms with Gasteiger partial charge in [0.2, 0.25) is 0 Å². The molecule has 15 heavy (non-hydrogen) atoms. The largest absolute Gasteiger partial charge is 0.394 e. The molecule has 0 bridgehead atoms. The summed E-state index contributed by atoms with van der Waals surface area (Å²) in [6.07, 6.45) is 2.23. The molecule has 1 atom stereocenters. The number of nitrogens with one attached hydrogen (secondary N) is 1. The van der Waals surface area contributed by atoms with Gasteiger partial charge in [-0.3, -0.25) is 0 Å². The molecule has 1 aliphatic rings. The van der Waals surface area contributed by atoms with Gasteiger partial charge < -0.3 is 10.4 Å². The van der Waals surface area contributed by atoms with Gasteiger partial charge in [0.1, 0.15) is 5.82 Å². The first-order valence-electron chi connectivity index (χ1n) is 5.29. The van der Waals surface area contributed by atoms with Crippen LogP contribution in [-0.2, 0) is 5.54 Å². The van der Waals surface area contributed by atoms with Crippen LogP contribution in [0.5, 0.6) is 0 Å². The van der Waals surface area contributed by atoms with E-state index in [-0.39, 0.29) is 12.4 Å². The SMILES string of the molecule is CC(CO)(NC1CC1)c1ccccc1F. The van der Waals surface area contributed by atoms with Crippen molar-refractivity contribution in [1.29, 1.82) is 0 Å². The number of aliphatic hydroxyl groups is 1. The topological polar surface area (TPSA) is 32.3 Å². The van der Waals surface area contributed by atoms with Crippen LogP contribution < -0.4 is 5.32 Å². The summed E-state index contributed by atoms with van der Waals surface area (Å²) in [6, 6.07) is 7.04. The highest BCUT2D eigenvalue weighted by atomic mass is 19.1. The number of benzene rings is 1. The van der Waals surface area contributed by atoms with Crippen LogP contribution in [-0.4, -0.2) is 17.8 Å². The molecule has 0 heterocycles. The van der Waals surface area contributed by atoms with E-state index in [0.717, 1.165) is 12.8 Å². The molecule has 1 unspecified atom stereocenters. The van der Waals surface area contributed by atoms with Crippen molar-refractivity contribution in [3.8, 4) is 0 Å². The molecule has 0 spiro atoms. The highest BCUT2D eigenvalue weighted by Gasteiger charge is 2.34. The second-order valence-electron chi connectivity index (χ2n) is 4.39. The number of halogens is 1. The highest BCUT2D eigenvalue weighted by Crippen LogP contribution is 2.29. The van der Waals surface area contributed by atoms with Gasteiger partial charge in [-0.05, 0) is 25.8 Å². The van der Waals surface area contributed by atoms with Gasteiger partial charge in [-0.25, -0.2) is 4.39 Å². The predicted octanol–water partition coefficient (Wildman–Crippen LogP) is 1.79. The Labute approximate surface area is 89.1 Å². The summed E-state index contributed by atoms with van der Waals surface area (Å²) in [6.45, 7) is 1.74. The van der Waals surface area contributed by atoms with Crippen LogP contribution >= 0.6 is 0 Å². The molecule has 3 heteroatoms. The van der Waals surface area contributed by atoms with E-state index in [1.54, 1.807) is 18.2 Å². The van der Waals surface area contributed by atoms with Crippen molar-refractivity contribution in [2.24, 2.45) is 0 Å². The van der Waals surface area contributed by atoms with E-state index in [9.17, 15) is 9.50 Å². The number of aliphatic hydroxyl groups excluding tert-OH is 1. The van der Waals surface area contributed by atoms with Crippen molar-refractivity contribution in [2.45, 2.75) is 31.3 Å². The zero-order valence-corrected chi connectivity index (χ0v) is 8.83. The van der Waals surface area contributed by atoms with Crippen molar-refractivity contribution in [3.63, 3.8) is 0 Å². The van der Waals surface area contributed by atoms with E-state index >= 15 is 0 Å². The Hall–Kier alpha value is -0.930. The number of hydrogen-bond donors (Lipinski definition) is 2. The Bertz CT molecular complexity index is 351. The third kappa shape index (κ3) is 2.19. The van der Waals surface area contributed by atoms with Crippen LogP contribution in [0.1, 0.15) is 25.3 Å². The first-order chi connectivity index (χ1) is 7.15. The van der Waals surface area contributed by atoms with Gasteiger partial charge in [0.05, 0.1) is 12.1 Å². The predicted molar refractivity (Wildman–Crippen MR) is 57.0 cm³/mol. The number of hydrogen-bond acceptors (Lipinski definition) is 2. The summed E-state index contributed by atoms with van der Waals surface area (Å²) in [5.74, 6) is -0.262. The maximum atomic E-state index is 13.6. The fraction of sp³-hybridized carbons (Fsp3) is 0.500. The molecular formula is C12H16FNO. The first-order valence-corrected chi connectivity index (χ1v) is 5.29. The first kappa shape index (κ1) is 10.6. The van der Waals surface area contributed by atoms with Gasteiger partial charge in [-0.2, -0.15) is 0 Å². The minimum absolute atomic E-state index is 0.0928. The Balaban J connectivity index is 2.27. The maximum Gasteiger partial charge on any atom is 0.128 e. The molecule has 0 aromatic heterocycles. The van der Waals surface area contributed by atoms with E-state index in [2.05, 4.69) is 5.32 Å². The quantitative estimate of drug-likeness (QED) is 0.792. The normalized spacial score (nSPS) is 19.9. The van der Waals surface area contributed by atoms with Crippen molar-refractivity contribution in [1.82, 2.24) is 5.32 Å². The summed E-state index contributed by atoms with van der Waals surface area (Å²) >= 11 is 0. The molecule has 1 aromatic rings. The maximum absolute atomic E-state index is 13.6. The van der Waals surface area contributed by atoms with Crippen molar-refractivity contribution >= 4 is 0 Å². The summed E-state index contributed by atoms with van der Waals surface area (Å²) in [5, 5.41) is 12.7. The Morgan fingerprint density at radius 2 is 2.13 bits per heavy atom. The van der Waals surface area contributed by atoms with Crippen LogP contribution in [0, 0.1) is 5.82 Å². The van der Waals surface area contributed by atoms with Gasteiger partial charge in [0, 0.05) is 11.6 Å². The summed E-state index contributed by atoms with van der Waals surface area (Å²) in [4.78, 5) is 0. The average molecular weight is 209 g/mol. The standard InChI is InChI=1S/C12H16FNO/c1-12(8-15,14-9-6-7-9)10-4-2-3-5-11(10)13/h2-5,9,14-15H,6-8H2,1H3. The molecule has 2 nitrogen and oxygen atoms in total. The third-order valence-electron chi connectivity index (χ3n) is 2.88. The second kappa shape index (κ2) is 3.91. The van der Waals surface area contributed by atoms with Gasteiger partial charge >= 0.3 is 0 Å². The zero-order chi connectivity index (χ0) is 10.9. The smallest absolute Gasteiger partial charge is 0.128 e. The molecule has 0 saturated heterocycles. The molecule has 0 radical (unpaired) electrons. The van der Waals surface area contributed by atoms with Crippen molar-refractivity contribution in [2.75, 3.05) is 6.61 Å². The Kier molecular flexibility index (Phi) is 2.76. The van der Waals surface area contributed by atoms with Crippen molar-refractivity contribution < 1.29 is 9.50 Å². The third-order valence-corrected chi connectivity index (χ3v) is 2.88. The van der Waals surface area contributed by atoms with E-state index in [4.69, 9.17) is 0 Å². The molecular weight excluding hydrogens is 193 g/mol. The lowest BCUT2D eigenvalue weighted by Gasteiger charge is -2.29. The molecule has 82 valence electrons. The highest BCUT2D eigenvalue weighted by molar-refractivity contribution is 5.26. The van der Waals surface area contributed by atoms with Crippen LogP contribution in [0.2, 0.25) is 0 Å². The minimum atomic E-state index is -0.660. The van der Waals surface area contributed by atoms with Gasteiger partial charge in [0.15, 0.2) is 0 Å². The van der Waals surface area contributed by atoms with E-state index < -0.39 is 5.54 Å². The van der Waals surface area contributed by atoms with Crippen molar-refractivity contribution in [3.05, 3.63) is 35.6 Å². The van der Waals surface area contributed by atoms with Crippen LogP contribution in [0.3, 0.4) is 0 Å². The summed E-state index contributed by atoms with van der Waals surface area (Å²) in [5.41, 5.74) is -0.119. The van der Waals surface area contributed by atoms with Gasteiger partial charge in [-0.1, -0.05) is 18.2 Å². The minimum Gasteiger partial charge on any atom is -0.394 e. The Morgan fingerprint density at radius 3 is 2.67 bits per heavy atom. The Morgan fingerprint density at radius 1 is 1.47 bits per heavy atom. The fourth-order valence-electron chi connectivity index (χ4n) is 1.80. The van der Waals surface area contributed by atoms with E-state index in [1.165, 1.54) is 6.07 Å². The second-order valence-corrected chi connectivity index (χ2v) is 4.39. The zero-order valence-electron chi connectivity index (χ0n) is 8.83. The molecule has 1 aliphatic carbocycles. The molecule has 2 N–H and O–H groups in total. The lowest BCUT2D eigenvalue weighted by molar-refractivity contribution is 0.169. The molecule has 2 rings (SSSR count). The molecule has 0 aliphatic heterocycles. The summed E-state index contributed by atoms with van der Waals surface area (Å²) in [7, 11) is 0. The van der Waals surface area contributed by atoms with E-state index in [1.807, 2.05) is 6.92 Å². The fourth-order valence-corrected chi connectivity index (χ4v) is 1.80. The van der Waals surface area contributed by atoms with Gasteiger partial charge in [-0.15, -0.1) is 0 Å². The lowest BCUT2D eigenvalue weighted by atomic mass is 9.92. The van der Waals surface area contributed by atoms with Crippen LogP contribution in [0.25, 0.3) is 0 Å². The molecule has 1 fully saturated rings. The molecule has 0 amide bonds. The van der Waals surface area contributed by atoms with Crippen LogP contribution in [0.15, 0.2) is 24.3 Å². The molecule has 1 aromatic carbocycles. The van der Waals surface area contributed by atoms with Gasteiger partial charge in [0.25, 0.3) is 0 Å². The molecule has 1 saturated carbocycles. The number of rotatable bonds is 4. The van der Waals surface area contributed by atoms with Crippen LogP contribution in [0.4, 0.5) is 4.39 Å². The summed E-state index contributed by atoms with van der Waals surface area (Å²) < 4.78 is 13.6. The average Bonchev–Trinajstić information content (AvgIpc) is 3.02. The van der Waals surface area contributed by atoms with E-state index in [0.29, 0.717) is 11.6 Å².